The van der Waals surface area contributed by atoms with Gasteiger partial charge in [0.1, 0.15) is 0 Å². The van der Waals surface area contributed by atoms with Gasteiger partial charge in [-0.15, -0.1) is 0 Å². The number of nitrogens with two attached hydrogens (primary N) is 1. The van der Waals surface area contributed by atoms with Gasteiger partial charge in [0.25, 0.3) is 0 Å². The van der Waals surface area contributed by atoms with Crippen LogP contribution in [-0.4, -0.2) is 36.7 Å². The smallest absolute Gasteiger partial charge is 0.227 e. The number of hydrogen-bond acceptors (Lipinski definition) is 7. The lowest BCUT2D eigenvalue weighted by molar-refractivity contribution is 0.602. The largest absolute Gasteiger partial charge is 0.368 e. The third kappa shape index (κ3) is 2.97. The number of hydrogen-bond donors (Lipinski definition) is 2. The van der Waals surface area contributed by atoms with Crippen LogP contribution < -0.4 is 11.1 Å². The fourth-order valence-corrected chi connectivity index (χ4v) is 2.11. The van der Waals surface area contributed by atoms with Crippen LogP contribution in [0.1, 0.15) is 0 Å². The summed E-state index contributed by atoms with van der Waals surface area (Å²) < 4.78 is 22.7. The highest BCUT2D eigenvalue weighted by Gasteiger charge is 2.09. The highest BCUT2D eigenvalue weighted by molar-refractivity contribution is 7.90. The molecule has 0 saturated heterocycles. The molecule has 0 saturated carbocycles. The third-order valence-electron chi connectivity index (χ3n) is 2.42. The number of nitrogen functional groups attached to an aromatic ring is 1. The first-order chi connectivity index (χ1) is 8.90. The predicted octanol–water partition coefficient (Wildman–Crippen LogP) is 0.566. The van der Waals surface area contributed by atoms with E-state index in [0.717, 1.165) is 6.26 Å². The molecule has 0 aliphatic carbocycles. The molecule has 1 aromatic heterocycles. The quantitative estimate of drug-likeness (QED) is 0.844. The summed E-state index contributed by atoms with van der Waals surface area (Å²) in [7, 11) is -1.54. The van der Waals surface area contributed by atoms with Crippen LogP contribution >= 0.6 is 0 Å². The minimum absolute atomic E-state index is 0.0986. The molecule has 19 heavy (non-hydrogen) atoms. The maximum absolute atomic E-state index is 11.4. The molecule has 7 nitrogen and oxygen atoms in total. The molecule has 0 bridgehead atoms. The van der Waals surface area contributed by atoms with E-state index in [4.69, 9.17) is 5.73 Å². The highest BCUT2D eigenvalue weighted by Crippen LogP contribution is 2.19. The normalized spacial score (nSPS) is 11.3. The number of nitrogens with zero attached hydrogens (tertiary/aromatic N) is 3. The molecule has 0 fully saturated rings. The van der Waals surface area contributed by atoms with Crippen molar-refractivity contribution < 1.29 is 8.42 Å². The summed E-state index contributed by atoms with van der Waals surface area (Å²) in [5.74, 6) is 0.841. The predicted molar refractivity (Wildman–Crippen MR) is 72.3 cm³/mol. The van der Waals surface area contributed by atoms with E-state index in [2.05, 4.69) is 20.3 Å². The average Bonchev–Trinajstić information content (AvgIpc) is 2.37. The van der Waals surface area contributed by atoms with Crippen molar-refractivity contribution in [1.29, 1.82) is 0 Å². The van der Waals surface area contributed by atoms with Gasteiger partial charge in [-0.25, -0.2) is 8.42 Å². The van der Waals surface area contributed by atoms with Crippen molar-refractivity contribution in [3.8, 4) is 11.4 Å². The monoisotopic (exact) mass is 279 g/mol. The zero-order valence-electron chi connectivity index (χ0n) is 10.5. The van der Waals surface area contributed by atoms with Gasteiger partial charge in [-0.2, -0.15) is 15.0 Å². The highest BCUT2D eigenvalue weighted by atomic mass is 32.2. The second-order valence-corrected chi connectivity index (χ2v) is 5.90. The molecule has 0 atom stereocenters. The summed E-state index contributed by atoms with van der Waals surface area (Å²) in [6.45, 7) is 0. The van der Waals surface area contributed by atoms with Crippen LogP contribution in [0, 0.1) is 0 Å². The maximum atomic E-state index is 11.4. The first-order valence-electron chi connectivity index (χ1n) is 5.40. The Hall–Kier alpha value is -2.22. The van der Waals surface area contributed by atoms with Crippen LogP contribution in [0.2, 0.25) is 0 Å². The maximum Gasteiger partial charge on any atom is 0.227 e. The van der Waals surface area contributed by atoms with Crippen LogP contribution in [0.25, 0.3) is 11.4 Å². The Balaban J connectivity index is 2.45. The van der Waals surface area contributed by atoms with E-state index in [-0.39, 0.29) is 10.8 Å². The fourth-order valence-electron chi connectivity index (χ4n) is 1.48. The van der Waals surface area contributed by atoms with E-state index in [1.807, 2.05) is 0 Å². The molecule has 0 unspecified atom stereocenters. The summed E-state index contributed by atoms with van der Waals surface area (Å²) in [5, 5.41) is 2.78. The van der Waals surface area contributed by atoms with Gasteiger partial charge in [0, 0.05) is 18.9 Å². The summed E-state index contributed by atoms with van der Waals surface area (Å²) in [6, 6.07) is 6.27. The lowest BCUT2D eigenvalue weighted by atomic mass is 10.2. The Morgan fingerprint density at radius 2 is 1.74 bits per heavy atom. The van der Waals surface area contributed by atoms with Crippen molar-refractivity contribution in [3.63, 3.8) is 0 Å². The zero-order valence-corrected chi connectivity index (χ0v) is 11.3. The van der Waals surface area contributed by atoms with E-state index in [1.165, 1.54) is 12.1 Å². The summed E-state index contributed by atoms with van der Waals surface area (Å²) in [4.78, 5) is 12.3. The number of benzene rings is 1. The van der Waals surface area contributed by atoms with Crippen molar-refractivity contribution >= 4 is 21.7 Å². The number of sulfone groups is 1. The molecule has 0 aliphatic heterocycles. The fraction of sp³-hybridized carbons (Fsp3) is 0.182. The van der Waals surface area contributed by atoms with Crippen LogP contribution in [-0.2, 0) is 9.84 Å². The minimum Gasteiger partial charge on any atom is -0.368 e. The lowest BCUT2D eigenvalue weighted by Gasteiger charge is -2.05. The van der Waals surface area contributed by atoms with E-state index < -0.39 is 9.84 Å². The lowest BCUT2D eigenvalue weighted by Crippen LogP contribution is -2.04. The Morgan fingerprint density at radius 1 is 1.11 bits per heavy atom. The zero-order chi connectivity index (χ0) is 14.0. The molecule has 2 rings (SSSR count). The molecule has 1 heterocycles. The van der Waals surface area contributed by atoms with Gasteiger partial charge in [-0.05, 0) is 24.3 Å². The van der Waals surface area contributed by atoms with Gasteiger partial charge in [0.15, 0.2) is 15.7 Å². The van der Waals surface area contributed by atoms with Crippen LogP contribution in [0.3, 0.4) is 0 Å². The minimum atomic E-state index is -3.21. The van der Waals surface area contributed by atoms with E-state index >= 15 is 0 Å². The topological polar surface area (TPSA) is 111 Å². The Labute approximate surface area is 110 Å². The first-order valence-corrected chi connectivity index (χ1v) is 7.29. The number of anilines is 2. The summed E-state index contributed by atoms with van der Waals surface area (Å²) in [6.07, 6.45) is 1.15. The number of aromatic nitrogens is 3. The molecule has 0 radical (unpaired) electrons. The number of rotatable bonds is 3. The second-order valence-electron chi connectivity index (χ2n) is 3.89. The standard InChI is InChI=1S/C11H13N5O2S/c1-13-11-15-9(14-10(12)16-11)7-3-5-8(6-4-7)19(2,17)18/h3-6H,1-2H3,(H3,12,13,14,15,16). The Bertz CT molecular complexity index is 698. The molecule has 3 N–H and O–H groups in total. The van der Waals surface area contributed by atoms with E-state index in [0.29, 0.717) is 17.3 Å². The van der Waals surface area contributed by atoms with Gasteiger partial charge < -0.3 is 11.1 Å². The molecule has 0 aliphatic rings. The van der Waals surface area contributed by atoms with E-state index in [9.17, 15) is 8.42 Å². The molecule has 100 valence electrons. The van der Waals surface area contributed by atoms with Gasteiger partial charge in [-0.1, -0.05) is 0 Å². The molecular formula is C11H13N5O2S. The van der Waals surface area contributed by atoms with Crippen molar-refractivity contribution in [3.05, 3.63) is 24.3 Å². The van der Waals surface area contributed by atoms with Crippen molar-refractivity contribution in [2.75, 3.05) is 24.4 Å². The van der Waals surface area contributed by atoms with Gasteiger partial charge >= 0.3 is 0 Å². The second kappa shape index (κ2) is 4.81. The third-order valence-corrected chi connectivity index (χ3v) is 3.55. The average molecular weight is 279 g/mol. The van der Waals surface area contributed by atoms with E-state index in [1.54, 1.807) is 19.2 Å². The van der Waals surface area contributed by atoms with Gasteiger partial charge in [0.2, 0.25) is 11.9 Å². The van der Waals surface area contributed by atoms with Crippen LogP contribution in [0.5, 0.6) is 0 Å². The first kappa shape index (κ1) is 13.2. The van der Waals surface area contributed by atoms with Gasteiger partial charge in [-0.3, -0.25) is 0 Å². The van der Waals surface area contributed by atoms with Crippen LogP contribution in [0.4, 0.5) is 11.9 Å². The molecule has 1 aromatic carbocycles. The van der Waals surface area contributed by atoms with Gasteiger partial charge in [0.05, 0.1) is 4.90 Å². The Kier molecular flexibility index (Phi) is 3.34. The van der Waals surface area contributed by atoms with Crippen molar-refractivity contribution in [2.24, 2.45) is 0 Å². The molecule has 0 amide bonds. The van der Waals surface area contributed by atoms with Crippen molar-refractivity contribution in [2.45, 2.75) is 4.90 Å². The molecule has 8 heteroatoms. The molecular weight excluding hydrogens is 266 g/mol. The van der Waals surface area contributed by atoms with Crippen LogP contribution in [0.15, 0.2) is 29.2 Å². The molecule has 2 aromatic rings. The summed E-state index contributed by atoms with van der Waals surface area (Å²) in [5.41, 5.74) is 6.24. The SMILES string of the molecule is CNc1nc(N)nc(-c2ccc(S(C)(=O)=O)cc2)n1. The molecule has 0 spiro atoms. The summed E-state index contributed by atoms with van der Waals surface area (Å²) >= 11 is 0. The number of nitrogens with one attached hydrogen (secondary N) is 1. The van der Waals surface area contributed by atoms with Crippen molar-refractivity contribution in [1.82, 2.24) is 15.0 Å². The Morgan fingerprint density at radius 3 is 2.26 bits per heavy atom.